The number of piperidine rings is 1. The number of nitrogens with one attached hydrogen (secondary N) is 1. The highest BCUT2D eigenvalue weighted by atomic mass is 15.3. The van der Waals surface area contributed by atoms with Gasteiger partial charge >= 0.3 is 0 Å². The van der Waals surface area contributed by atoms with E-state index in [1.54, 1.807) is 0 Å². The molecule has 2 unspecified atom stereocenters. The van der Waals surface area contributed by atoms with Crippen LogP contribution < -0.4 is 5.32 Å². The molecule has 0 radical (unpaired) electrons. The zero-order valence-electron chi connectivity index (χ0n) is 13.9. The summed E-state index contributed by atoms with van der Waals surface area (Å²) in [5, 5.41) is 12.9. The van der Waals surface area contributed by atoms with Gasteiger partial charge in [-0.15, -0.1) is 0 Å². The van der Waals surface area contributed by atoms with E-state index in [0.717, 1.165) is 38.4 Å². The largest absolute Gasteiger partial charge is 0.301 e. The van der Waals surface area contributed by atoms with Gasteiger partial charge in [0.2, 0.25) is 0 Å². The normalized spacial score (nSPS) is 26.8. The van der Waals surface area contributed by atoms with Gasteiger partial charge in [0.15, 0.2) is 0 Å². The van der Waals surface area contributed by atoms with Gasteiger partial charge in [0.05, 0.1) is 6.07 Å². The standard InChI is InChI=1S/C17H32N4/c1-3-17(15-18,19-4-2)9-7-10-20-12-13-21-11-6-5-8-16(21)14-20/h16,19H,3-14H2,1-2H3. The van der Waals surface area contributed by atoms with Gasteiger partial charge in [-0.25, -0.2) is 0 Å². The summed E-state index contributed by atoms with van der Waals surface area (Å²) in [4.78, 5) is 5.31. The van der Waals surface area contributed by atoms with E-state index in [0.29, 0.717) is 0 Å². The van der Waals surface area contributed by atoms with Crippen molar-refractivity contribution < 1.29 is 0 Å². The molecule has 0 spiro atoms. The highest BCUT2D eigenvalue weighted by molar-refractivity contribution is 5.06. The predicted molar refractivity (Wildman–Crippen MR) is 87.2 cm³/mol. The van der Waals surface area contributed by atoms with Gasteiger partial charge in [0, 0.05) is 25.7 Å². The summed E-state index contributed by atoms with van der Waals surface area (Å²) < 4.78 is 0. The van der Waals surface area contributed by atoms with Crippen molar-refractivity contribution in [3.8, 4) is 6.07 Å². The van der Waals surface area contributed by atoms with E-state index in [2.05, 4.69) is 35.0 Å². The lowest BCUT2D eigenvalue weighted by atomic mass is 9.91. The smallest absolute Gasteiger partial charge is 0.106 e. The Bertz CT molecular complexity index is 351. The molecule has 2 aliphatic rings. The van der Waals surface area contributed by atoms with Crippen molar-refractivity contribution in [2.24, 2.45) is 0 Å². The molecule has 0 aromatic carbocycles. The van der Waals surface area contributed by atoms with Gasteiger partial charge in [-0.05, 0) is 51.7 Å². The van der Waals surface area contributed by atoms with Gasteiger partial charge in [-0.1, -0.05) is 20.3 Å². The van der Waals surface area contributed by atoms with Crippen LogP contribution in [0.1, 0.15) is 52.4 Å². The molecule has 0 bridgehead atoms. The molecule has 2 rings (SSSR count). The topological polar surface area (TPSA) is 42.3 Å². The van der Waals surface area contributed by atoms with E-state index in [4.69, 9.17) is 0 Å². The lowest BCUT2D eigenvalue weighted by molar-refractivity contribution is 0.0479. The van der Waals surface area contributed by atoms with Crippen LogP contribution >= 0.6 is 0 Å². The summed E-state index contributed by atoms with van der Waals surface area (Å²) in [6.07, 6.45) is 7.17. The second kappa shape index (κ2) is 8.12. The molecular formula is C17H32N4. The Kier molecular flexibility index (Phi) is 6.47. The zero-order valence-corrected chi connectivity index (χ0v) is 13.9. The molecule has 2 atom stereocenters. The SMILES string of the molecule is CCNC(C#N)(CC)CCCN1CCN2CCCCC2C1. The van der Waals surface area contributed by atoms with Crippen molar-refractivity contribution in [3.05, 3.63) is 0 Å². The van der Waals surface area contributed by atoms with Gasteiger partial charge in [-0.3, -0.25) is 10.2 Å². The van der Waals surface area contributed by atoms with Crippen molar-refractivity contribution in [1.29, 1.82) is 5.26 Å². The number of hydrogen-bond acceptors (Lipinski definition) is 4. The monoisotopic (exact) mass is 292 g/mol. The Morgan fingerprint density at radius 3 is 2.81 bits per heavy atom. The van der Waals surface area contributed by atoms with Crippen LogP contribution in [-0.2, 0) is 0 Å². The molecule has 4 heteroatoms. The molecule has 0 aliphatic carbocycles. The average molecular weight is 292 g/mol. The molecule has 2 aliphatic heterocycles. The first-order valence-electron chi connectivity index (χ1n) is 8.85. The maximum absolute atomic E-state index is 9.47. The molecule has 2 fully saturated rings. The van der Waals surface area contributed by atoms with Crippen LogP contribution in [0.2, 0.25) is 0 Å². The Balaban J connectivity index is 1.74. The van der Waals surface area contributed by atoms with Crippen LogP contribution in [0.4, 0.5) is 0 Å². The zero-order chi connectivity index (χ0) is 15.1. The average Bonchev–Trinajstić information content (AvgIpc) is 2.54. The van der Waals surface area contributed by atoms with Crippen LogP contribution in [0.3, 0.4) is 0 Å². The molecule has 2 heterocycles. The van der Waals surface area contributed by atoms with Gasteiger partial charge in [-0.2, -0.15) is 5.26 Å². The van der Waals surface area contributed by atoms with E-state index in [9.17, 15) is 5.26 Å². The number of piperazine rings is 1. The number of rotatable bonds is 7. The summed E-state index contributed by atoms with van der Waals surface area (Å²) in [5.74, 6) is 0. The number of fused-ring (bicyclic) bond motifs is 1. The molecule has 0 saturated carbocycles. The van der Waals surface area contributed by atoms with Crippen molar-refractivity contribution >= 4 is 0 Å². The highest BCUT2D eigenvalue weighted by Gasteiger charge is 2.30. The molecule has 0 amide bonds. The summed E-state index contributed by atoms with van der Waals surface area (Å²) in [6, 6.07) is 3.31. The maximum atomic E-state index is 9.47. The third-order valence-corrected chi connectivity index (χ3v) is 5.33. The quantitative estimate of drug-likeness (QED) is 0.781. The molecular weight excluding hydrogens is 260 g/mol. The number of hydrogen-bond donors (Lipinski definition) is 1. The predicted octanol–water partition coefficient (Wildman–Crippen LogP) is 2.22. The van der Waals surface area contributed by atoms with Crippen LogP contribution in [0, 0.1) is 11.3 Å². The number of nitrogens with zero attached hydrogens (tertiary/aromatic N) is 3. The van der Waals surface area contributed by atoms with Crippen molar-refractivity contribution in [1.82, 2.24) is 15.1 Å². The number of nitriles is 1. The second-order valence-corrected chi connectivity index (χ2v) is 6.67. The first-order chi connectivity index (χ1) is 10.2. The third kappa shape index (κ3) is 4.42. The molecule has 1 N–H and O–H groups in total. The summed E-state index contributed by atoms with van der Waals surface area (Å²) >= 11 is 0. The minimum Gasteiger partial charge on any atom is -0.301 e. The van der Waals surface area contributed by atoms with E-state index in [-0.39, 0.29) is 5.54 Å². The fourth-order valence-corrected chi connectivity index (χ4v) is 3.93. The van der Waals surface area contributed by atoms with E-state index in [1.165, 1.54) is 45.4 Å². The molecule has 4 nitrogen and oxygen atoms in total. The summed E-state index contributed by atoms with van der Waals surface area (Å²) in [6.45, 7) is 11.2. The maximum Gasteiger partial charge on any atom is 0.106 e. The Labute approximate surface area is 130 Å². The van der Waals surface area contributed by atoms with Crippen LogP contribution in [-0.4, -0.2) is 60.6 Å². The Hall–Kier alpha value is -0.630. The minimum absolute atomic E-state index is 0.304. The highest BCUT2D eigenvalue weighted by Crippen LogP contribution is 2.22. The van der Waals surface area contributed by atoms with Gasteiger partial charge in [0.1, 0.15) is 5.54 Å². The molecule has 0 aromatic heterocycles. The first kappa shape index (κ1) is 16.7. The second-order valence-electron chi connectivity index (χ2n) is 6.67. The van der Waals surface area contributed by atoms with Gasteiger partial charge < -0.3 is 4.90 Å². The van der Waals surface area contributed by atoms with Crippen LogP contribution in [0.15, 0.2) is 0 Å². The molecule has 0 aromatic rings. The fraction of sp³-hybridized carbons (Fsp3) is 0.941. The van der Waals surface area contributed by atoms with Crippen LogP contribution in [0.25, 0.3) is 0 Å². The van der Waals surface area contributed by atoms with Crippen molar-refractivity contribution in [2.45, 2.75) is 64.0 Å². The molecule has 2 saturated heterocycles. The van der Waals surface area contributed by atoms with E-state index in [1.807, 2.05) is 0 Å². The lowest BCUT2D eigenvalue weighted by Crippen LogP contribution is -2.55. The van der Waals surface area contributed by atoms with E-state index < -0.39 is 0 Å². The Morgan fingerprint density at radius 1 is 1.24 bits per heavy atom. The lowest BCUT2D eigenvalue weighted by Gasteiger charge is -2.44. The van der Waals surface area contributed by atoms with Gasteiger partial charge in [0.25, 0.3) is 0 Å². The summed E-state index contributed by atoms with van der Waals surface area (Å²) in [5.41, 5.74) is -0.304. The third-order valence-electron chi connectivity index (χ3n) is 5.33. The molecule has 21 heavy (non-hydrogen) atoms. The summed E-state index contributed by atoms with van der Waals surface area (Å²) in [7, 11) is 0. The van der Waals surface area contributed by atoms with Crippen molar-refractivity contribution in [2.75, 3.05) is 39.3 Å². The Morgan fingerprint density at radius 2 is 2.10 bits per heavy atom. The minimum atomic E-state index is -0.304. The van der Waals surface area contributed by atoms with Crippen molar-refractivity contribution in [3.63, 3.8) is 0 Å². The fourth-order valence-electron chi connectivity index (χ4n) is 3.93. The van der Waals surface area contributed by atoms with E-state index >= 15 is 0 Å². The molecule has 120 valence electrons. The first-order valence-corrected chi connectivity index (χ1v) is 8.85. The van der Waals surface area contributed by atoms with Crippen LogP contribution in [0.5, 0.6) is 0 Å².